The fourth-order valence-electron chi connectivity index (χ4n) is 2.01. The number of rotatable bonds is 2. The average molecular weight is 262 g/mol. The lowest BCUT2D eigenvalue weighted by Gasteiger charge is -2.35. The molecule has 18 heavy (non-hydrogen) atoms. The predicted octanol–water partition coefficient (Wildman–Crippen LogP) is 2.46. The molecule has 0 unspecified atom stereocenters. The summed E-state index contributed by atoms with van der Waals surface area (Å²) in [4.78, 5) is 2.46. The van der Waals surface area contributed by atoms with Crippen LogP contribution in [0.5, 0.6) is 0 Å². The van der Waals surface area contributed by atoms with E-state index in [1.54, 1.807) is 12.1 Å². The van der Waals surface area contributed by atoms with Crippen LogP contribution in [-0.2, 0) is 6.54 Å². The van der Waals surface area contributed by atoms with Gasteiger partial charge in [-0.25, -0.2) is 9.29 Å². The predicted molar refractivity (Wildman–Crippen MR) is 59.3 cm³/mol. The minimum Gasteiger partial charge on any atom is -0.297 e. The number of benzene rings is 1. The van der Waals surface area contributed by atoms with Gasteiger partial charge < -0.3 is 0 Å². The Hall–Kier alpha value is -1.14. The molecule has 0 radical (unpaired) electrons. The van der Waals surface area contributed by atoms with E-state index in [0.29, 0.717) is 24.5 Å². The Bertz CT molecular complexity index is 380. The lowest BCUT2D eigenvalue weighted by atomic mass is 10.2. The summed E-state index contributed by atoms with van der Waals surface area (Å²) in [6.07, 6.45) is -4.23. The van der Waals surface area contributed by atoms with Crippen molar-refractivity contribution in [3.05, 3.63) is 35.6 Å². The number of piperazine rings is 1. The van der Waals surface area contributed by atoms with Gasteiger partial charge in [-0.15, -0.1) is 0 Å². The van der Waals surface area contributed by atoms with Gasteiger partial charge in [-0.2, -0.15) is 13.2 Å². The number of hydrogen-bond acceptors (Lipinski definition) is 2. The van der Waals surface area contributed by atoms with Gasteiger partial charge in [0.15, 0.2) is 0 Å². The molecule has 1 aliphatic rings. The summed E-state index contributed by atoms with van der Waals surface area (Å²) in [6, 6.07) is 6.04. The summed E-state index contributed by atoms with van der Waals surface area (Å²) in [6.45, 7) is 1.29. The molecular formula is C12H14F4N2. The zero-order chi connectivity index (χ0) is 13.2. The molecule has 1 aliphatic heterocycles. The zero-order valence-corrected chi connectivity index (χ0v) is 9.75. The van der Waals surface area contributed by atoms with Gasteiger partial charge in [-0.1, -0.05) is 12.1 Å². The Morgan fingerprint density at radius 3 is 2.00 bits per heavy atom. The molecule has 6 heteroatoms. The third kappa shape index (κ3) is 3.43. The van der Waals surface area contributed by atoms with Crippen LogP contribution in [0.15, 0.2) is 24.3 Å². The fraction of sp³-hybridized carbons (Fsp3) is 0.500. The molecule has 0 aliphatic carbocycles. The van der Waals surface area contributed by atoms with Crippen LogP contribution in [-0.4, -0.2) is 42.3 Å². The van der Waals surface area contributed by atoms with Crippen molar-refractivity contribution >= 4 is 0 Å². The molecule has 1 heterocycles. The maximum Gasteiger partial charge on any atom is 0.460 e. The lowest BCUT2D eigenvalue weighted by molar-refractivity contribution is -0.252. The first-order valence-corrected chi connectivity index (χ1v) is 5.74. The molecule has 1 aromatic rings. The summed E-state index contributed by atoms with van der Waals surface area (Å²) < 4.78 is 49.9. The highest BCUT2D eigenvalue weighted by Gasteiger charge is 2.38. The van der Waals surface area contributed by atoms with Crippen LogP contribution in [0, 0.1) is 5.82 Å². The first-order valence-electron chi connectivity index (χ1n) is 5.74. The molecular weight excluding hydrogens is 248 g/mol. The van der Waals surface area contributed by atoms with Crippen molar-refractivity contribution in [3.8, 4) is 0 Å². The lowest BCUT2D eigenvalue weighted by Crippen LogP contribution is -2.51. The van der Waals surface area contributed by atoms with Crippen LogP contribution in [0.1, 0.15) is 5.56 Å². The molecule has 1 saturated heterocycles. The normalized spacial score (nSPS) is 19.1. The van der Waals surface area contributed by atoms with E-state index in [2.05, 4.69) is 0 Å². The molecule has 0 aromatic heterocycles. The van der Waals surface area contributed by atoms with Gasteiger partial charge in [-0.3, -0.25) is 4.90 Å². The van der Waals surface area contributed by atoms with E-state index in [9.17, 15) is 17.6 Å². The molecule has 1 aromatic carbocycles. The maximum atomic E-state index is 12.7. The van der Waals surface area contributed by atoms with E-state index in [4.69, 9.17) is 0 Å². The van der Waals surface area contributed by atoms with Gasteiger partial charge in [0.25, 0.3) is 0 Å². The molecule has 0 amide bonds. The van der Waals surface area contributed by atoms with Gasteiger partial charge in [-0.05, 0) is 17.7 Å². The van der Waals surface area contributed by atoms with Crippen molar-refractivity contribution in [2.75, 3.05) is 26.2 Å². The minimum absolute atomic E-state index is 0.00923. The SMILES string of the molecule is Fc1ccc(CN2CCN(C(F)(F)F)CC2)cc1. The second-order valence-electron chi connectivity index (χ2n) is 4.36. The van der Waals surface area contributed by atoms with E-state index in [0.717, 1.165) is 5.56 Å². The van der Waals surface area contributed by atoms with Gasteiger partial charge in [0, 0.05) is 32.7 Å². The molecule has 2 rings (SSSR count). The molecule has 0 bridgehead atoms. The number of hydrogen-bond donors (Lipinski definition) is 0. The van der Waals surface area contributed by atoms with Crippen LogP contribution >= 0.6 is 0 Å². The van der Waals surface area contributed by atoms with E-state index in [-0.39, 0.29) is 18.9 Å². The monoisotopic (exact) mass is 262 g/mol. The van der Waals surface area contributed by atoms with Gasteiger partial charge in [0.05, 0.1) is 0 Å². The second-order valence-corrected chi connectivity index (χ2v) is 4.36. The number of halogens is 4. The summed E-state index contributed by atoms with van der Waals surface area (Å²) in [5.74, 6) is -0.305. The summed E-state index contributed by atoms with van der Waals surface area (Å²) in [7, 11) is 0. The number of alkyl halides is 3. The van der Waals surface area contributed by atoms with Crippen LogP contribution in [0.25, 0.3) is 0 Å². The minimum atomic E-state index is -4.23. The van der Waals surface area contributed by atoms with Crippen molar-refractivity contribution in [3.63, 3.8) is 0 Å². The Kier molecular flexibility index (Phi) is 3.87. The van der Waals surface area contributed by atoms with Crippen molar-refractivity contribution in [2.24, 2.45) is 0 Å². The van der Waals surface area contributed by atoms with Gasteiger partial charge in [0.1, 0.15) is 5.82 Å². The molecule has 0 atom stereocenters. The van der Waals surface area contributed by atoms with E-state index in [1.807, 2.05) is 4.90 Å². The van der Waals surface area contributed by atoms with E-state index < -0.39 is 6.30 Å². The number of nitrogens with zero attached hydrogens (tertiary/aromatic N) is 2. The Balaban J connectivity index is 1.85. The highest BCUT2D eigenvalue weighted by Crippen LogP contribution is 2.22. The van der Waals surface area contributed by atoms with Crippen LogP contribution < -0.4 is 0 Å². The van der Waals surface area contributed by atoms with Crippen molar-refractivity contribution < 1.29 is 17.6 Å². The molecule has 1 fully saturated rings. The molecule has 0 spiro atoms. The van der Waals surface area contributed by atoms with Gasteiger partial charge >= 0.3 is 6.30 Å². The van der Waals surface area contributed by atoms with E-state index >= 15 is 0 Å². The highest BCUT2D eigenvalue weighted by molar-refractivity contribution is 5.15. The van der Waals surface area contributed by atoms with Crippen molar-refractivity contribution in [1.82, 2.24) is 9.80 Å². The first kappa shape index (κ1) is 13.3. The molecule has 100 valence electrons. The first-order chi connectivity index (χ1) is 8.45. The fourth-order valence-corrected chi connectivity index (χ4v) is 2.01. The Morgan fingerprint density at radius 2 is 1.50 bits per heavy atom. The third-order valence-corrected chi connectivity index (χ3v) is 3.05. The smallest absolute Gasteiger partial charge is 0.297 e. The average Bonchev–Trinajstić information content (AvgIpc) is 2.32. The van der Waals surface area contributed by atoms with Crippen LogP contribution in [0.4, 0.5) is 17.6 Å². The molecule has 0 saturated carbocycles. The van der Waals surface area contributed by atoms with Crippen molar-refractivity contribution in [1.29, 1.82) is 0 Å². The second kappa shape index (κ2) is 5.24. The summed E-state index contributed by atoms with van der Waals surface area (Å²) >= 11 is 0. The zero-order valence-electron chi connectivity index (χ0n) is 9.75. The maximum absolute atomic E-state index is 12.7. The van der Waals surface area contributed by atoms with Gasteiger partial charge in [0.2, 0.25) is 0 Å². The summed E-state index contributed by atoms with van der Waals surface area (Å²) in [5, 5.41) is 0. The third-order valence-electron chi connectivity index (χ3n) is 3.05. The Morgan fingerprint density at radius 1 is 0.944 bits per heavy atom. The molecule has 0 N–H and O–H groups in total. The summed E-state index contributed by atoms with van der Waals surface area (Å²) in [5.41, 5.74) is 0.914. The van der Waals surface area contributed by atoms with Crippen molar-refractivity contribution in [2.45, 2.75) is 12.8 Å². The standard InChI is InChI=1S/C12H14F4N2/c13-11-3-1-10(2-4-11)9-17-5-7-18(8-6-17)12(14,15)16/h1-4H,5-9H2. The largest absolute Gasteiger partial charge is 0.460 e. The topological polar surface area (TPSA) is 6.48 Å². The quantitative estimate of drug-likeness (QED) is 0.596. The Labute approximate surface area is 103 Å². The van der Waals surface area contributed by atoms with E-state index in [1.165, 1.54) is 12.1 Å². The highest BCUT2D eigenvalue weighted by atomic mass is 19.4. The molecule has 2 nitrogen and oxygen atoms in total. The van der Waals surface area contributed by atoms with Crippen LogP contribution in [0.3, 0.4) is 0 Å². The van der Waals surface area contributed by atoms with Crippen LogP contribution in [0.2, 0.25) is 0 Å².